The normalized spacial score (nSPS) is 14.0. The second-order valence-electron chi connectivity index (χ2n) is 6.48. The molecule has 0 aliphatic carbocycles. The number of amides is 1. The summed E-state index contributed by atoms with van der Waals surface area (Å²) in [6, 6.07) is -0.471. The third-order valence-electron chi connectivity index (χ3n) is 4.17. The van der Waals surface area contributed by atoms with E-state index in [4.69, 9.17) is 5.11 Å². The number of allylic oxidation sites excluding steroid dienone is 1. The molecule has 0 aromatic rings. The van der Waals surface area contributed by atoms with Gasteiger partial charge in [-0.05, 0) is 19.8 Å². The number of hydrogen-bond acceptors (Lipinski definition) is 2. The van der Waals surface area contributed by atoms with E-state index in [9.17, 15) is 9.90 Å². The Labute approximate surface area is 142 Å². The van der Waals surface area contributed by atoms with Gasteiger partial charge in [-0.2, -0.15) is 0 Å². The van der Waals surface area contributed by atoms with Crippen LogP contribution >= 0.6 is 0 Å². The molecule has 0 fully saturated rings. The fraction of sp³-hybridized carbons (Fsp3) is 0.842. The maximum absolute atomic E-state index is 10.5. The number of rotatable bonds is 15. The van der Waals surface area contributed by atoms with E-state index in [0.717, 1.165) is 12.8 Å². The maximum Gasteiger partial charge on any atom is 0.404 e. The van der Waals surface area contributed by atoms with Gasteiger partial charge in [-0.3, -0.25) is 0 Å². The van der Waals surface area contributed by atoms with Crippen LogP contribution in [-0.2, 0) is 0 Å². The van der Waals surface area contributed by atoms with Crippen LogP contribution in [0, 0.1) is 0 Å². The lowest BCUT2D eigenvalue weighted by Gasteiger charge is -2.14. The second-order valence-corrected chi connectivity index (χ2v) is 6.48. The van der Waals surface area contributed by atoms with Gasteiger partial charge in [0.25, 0.3) is 0 Å². The zero-order valence-electron chi connectivity index (χ0n) is 15.1. The molecule has 0 aromatic carbocycles. The molecule has 0 aliphatic rings. The van der Waals surface area contributed by atoms with E-state index in [1.165, 1.54) is 64.2 Å². The highest BCUT2D eigenvalue weighted by Crippen LogP contribution is 2.12. The smallest absolute Gasteiger partial charge is 0.404 e. The Morgan fingerprint density at radius 2 is 1.43 bits per heavy atom. The highest BCUT2D eigenvalue weighted by atomic mass is 16.4. The summed E-state index contributed by atoms with van der Waals surface area (Å²) in [6.45, 7) is 3.91. The Bertz CT molecular complexity index is 305. The van der Waals surface area contributed by atoms with Crippen LogP contribution in [0.1, 0.15) is 90.9 Å². The molecule has 0 aromatic heterocycles. The van der Waals surface area contributed by atoms with Crippen molar-refractivity contribution < 1.29 is 15.0 Å². The standard InChI is InChI=1S/C19H37NO3/c1-3-4-5-6-7-8-9-10-11-12-13-14-15-16-18(21)17(2)20-19(22)23/h15-18,20-21H,3-14H2,1-2H3,(H,22,23)/t17?,18-/m0/s1. The molecule has 23 heavy (non-hydrogen) atoms. The van der Waals surface area contributed by atoms with E-state index >= 15 is 0 Å². The summed E-state index contributed by atoms with van der Waals surface area (Å²) in [4.78, 5) is 10.5. The maximum atomic E-state index is 10.5. The Balaban J connectivity index is 3.35. The van der Waals surface area contributed by atoms with Crippen LogP contribution in [0.3, 0.4) is 0 Å². The van der Waals surface area contributed by atoms with Gasteiger partial charge < -0.3 is 15.5 Å². The van der Waals surface area contributed by atoms with Gasteiger partial charge in [-0.15, -0.1) is 0 Å². The van der Waals surface area contributed by atoms with E-state index < -0.39 is 18.2 Å². The van der Waals surface area contributed by atoms with E-state index in [0.29, 0.717) is 0 Å². The molecule has 0 saturated heterocycles. The number of carbonyl (C=O) groups is 1. The number of carboxylic acid groups (broad SMARTS) is 1. The van der Waals surface area contributed by atoms with Crippen molar-refractivity contribution in [2.45, 2.75) is 103 Å². The quantitative estimate of drug-likeness (QED) is 0.284. The topological polar surface area (TPSA) is 69.6 Å². The van der Waals surface area contributed by atoms with Crippen LogP contribution in [0.15, 0.2) is 12.2 Å². The second kappa shape index (κ2) is 15.9. The monoisotopic (exact) mass is 327 g/mol. The summed E-state index contributed by atoms with van der Waals surface area (Å²) < 4.78 is 0. The third-order valence-corrected chi connectivity index (χ3v) is 4.17. The van der Waals surface area contributed by atoms with E-state index in [1.807, 2.05) is 6.08 Å². The number of aliphatic hydroxyl groups is 1. The molecule has 1 unspecified atom stereocenters. The fourth-order valence-electron chi connectivity index (χ4n) is 2.61. The van der Waals surface area contributed by atoms with Crippen molar-refractivity contribution in [3.63, 3.8) is 0 Å². The molecule has 4 nitrogen and oxygen atoms in total. The summed E-state index contributed by atoms with van der Waals surface area (Å²) in [6.07, 6.45) is 17.4. The van der Waals surface area contributed by atoms with Crippen LogP contribution in [0.25, 0.3) is 0 Å². The molecule has 0 rings (SSSR count). The van der Waals surface area contributed by atoms with Crippen molar-refractivity contribution in [3.8, 4) is 0 Å². The Morgan fingerprint density at radius 1 is 0.957 bits per heavy atom. The summed E-state index contributed by atoms with van der Waals surface area (Å²) in [5, 5.41) is 20.6. The number of unbranched alkanes of at least 4 members (excludes halogenated alkanes) is 11. The average molecular weight is 328 g/mol. The minimum absolute atomic E-state index is 0.471. The van der Waals surface area contributed by atoms with Crippen molar-refractivity contribution in [1.29, 1.82) is 0 Å². The first-order valence-electron chi connectivity index (χ1n) is 9.42. The van der Waals surface area contributed by atoms with Crippen LogP contribution in [0.4, 0.5) is 4.79 Å². The lowest BCUT2D eigenvalue weighted by atomic mass is 10.0. The summed E-state index contributed by atoms with van der Waals surface area (Å²) >= 11 is 0. The minimum atomic E-state index is -1.10. The third kappa shape index (κ3) is 15.6. The molecular formula is C19H37NO3. The van der Waals surface area contributed by atoms with Crippen LogP contribution < -0.4 is 5.32 Å². The van der Waals surface area contributed by atoms with Gasteiger partial charge in [0.2, 0.25) is 0 Å². The molecule has 0 heterocycles. The largest absolute Gasteiger partial charge is 0.465 e. The first-order valence-corrected chi connectivity index (χ1v) is 9.42. The number of hydrogen-bond donors (Lipinski definition) is 3. The van der Waals surface area contributed by atoms with Gasteiger partial charge >= 0.3 is 6.09 Å². The van der Waals surface area contributed by atoms with E-state index in [1.54, 1.807) is 13.0 Å². The van der Waals surface area contributed by atoms with Gasteiger partial charge in [0.15, 0.2) is 0 Å². The molecule has 1 amide bonds. The minimum Gasteiger partial charge on any atom is -0.465 e. The zero-order valence-corrected chi connectivity index (χ0v) is 15.1. The van der Waals surface area contributed by atoms with Crippen molar-refractivity contribution in [3.05, 3.63) is 12.2 Å². The molecule has 0 aliphatic heterocycles. The van der Waals surface area contributed by atoms with Gasteiger partial charge in [0.05, 0.1) is 12.1 Å². The lowest BCUT2D eigenvalue weighted by molar-refractivity contribution is 0.156. The molecular weight excluding hydrogens is 290 g/mol. The summed E-state index contributed by atoms with van der Waals surface area (Å²) in [5.41, 5.74) is 0. The Kier molecular flexibility index (Phi) is 15.1. The van der Waals surface area contributed by atoms with Gasteiger partial charge in [-0.25, -0.2) is 4.79 Å². The SMILES string of the molecule is CCCCCCCCCCCCCC=C[C@H](O)C(C)NC(=O)O. The zero-order chi connectivity index (χ0) is 17.3. The average Bonchev–Trinajstić information content (AvgIpc) is 2.51. The number of aliphatic hydroxyl groups excluding tert-OH is 1. The first-order chi connectivity index (χ1) is 11.1. The molecule has 0 radical (unpaired) electrons. The molecule has 136 valence electrons. The van der Waals surface area contributed by atoms with Crippen LogP contribution in [0.2, 0.25) is 0 Å². The van der Waals surface area contributed by atoms with Crippen molar-refractivity contribution in [2.75, 3.05) is 0 Å². The predicted octanol–water partition coefficient (Wildman–Crippen LogP) is 5.26. The van der Waals surface area contributed by atoms with Crippen molar-refractivity contribution >= 4 is 6.09 Å². The van der Waals surface area contributed by atoms with Crippen LogP contribution in [0.5, 0.6) is 0 Å². The number of nitrogens with one attached hydrogen (secondary N) is 1. The van der Waals surface area contributed by atoms with E-state index in [2.05, 4.69) is 12.2 Å². The lowest BCUT2D eigenvalue weighted by Crippen LogP contribution is -2.39. The predicted molar refractivity (Wildman–Crippen MR) is 96.8 cm³/mol. The summed E-state index contributed by atoms with van der Waals surface area (Å²) in [5.74, 6) is 0. The van der Waals surface area contributed by atoms with E-state index in [-0.39, 0.29) is 0 Å². The van der Waals surface area contributed by atoms with Gasteiger partial charge in [-0.1, -0.05) is 83.3 Å². The highest BCUT2D eigenvalue weighted by Gasteiger charge is 2.12. The highest BCUT2D eigenvalue weighted by molar-refractivity contribution is 5.64. The summed E-state index contributed by atoms with van der Waals surface area (Å²) in [7, 11) is 0. The van der Waals surface area contributed by atoms with Gasteiger partial charge in [0.1, 0.15) is 0 Å². The molecule has 0 spiro atoms. The Morgan fingerprint density at radius 3 is 1.91 bits per heavy atom. The molecule has 2 atom stereocenters. The molecule has 0 saturated carbocycles. The molecule has 0 bridgehead atoms. The van der Waals surface area contributed by atoms with Gasteiger partial charge in [0, 0.05) is 0 Å². The Hall–Kier alpha value is -1.03. The van der Waals surface area contributed by atoms with Crippen LogP contribution in [-0.4, -0.2) is 28.5 Å². The molecule has 3 N–H and O–H groups in total. The first kappa shape index (κ1) is 22.0. The molecule has 4 heteroatoms. The van der Waals surface area contributed by atoms with Crippen molar-refractivity contribution in [1.82, 2.24) is 5.32 Å². The van der Waals surface area contributed by atoms with Crippen molar-refractivity contribution in [2.24, 2.45) is 0 Å². The fourth-order valence-corrected chi connectivity index (χ4v) is 2.61.